The molecule has 2 aromatic heterocycles. The number of nitrogens with zero attached hydrogens (tertiary/aromatic N) is 5. The molecule has 4 heterocycles. The van der Waals surface area contributed by atoms with E-state index in [4.69, 9.17) is 0 Å². The van der Waals surface area contributed by atoms with E-state index in [0.29, 0.717) is 35.0 Å². The van der Waals surface area contributed by atoms with Gasteiger partial charge in [-0.05, 0) is 37.6 Å². The molecule has 1 atom stereocenters. The third-order valence-electron chi connectivity index (χ3n) is 5.91. The first-order valence-electron chi connectivity index (χ1n) is 10.2. The Balaban J connectivity index is 1.54. The number of anilines is 3. The van der Waals surface area contributed by atoms with Crippen LogP contribution in [0.4, 0.5) is 35.2 Å². The summed E-state index contributed by atoms with van der Waals surface area (Å²) >= 11 is 0. The molecule has 0 aliphatic carbocycles. The Bertz CT molecular complexity index is 1200. The maximum absolute atomic E-state index is 13.3. The minimum Gasteiger partial charge on any atom is -0.366 e. The zero-order chi connectivity index (χ0) is 22.6. The maximum atomic E-state index is 13.3. The molecule has 0 radical (unpaired) electrons. The quantitative estimate of drug-likeness (QED) is 0.637. The predicted molar refractivity (Wildman–Crippen MR) is 115 cm³/mol. The van der Waals surface area contributed by atoms with Crippen LogP contribution in [-0.2, 0) is 13.2 Å². The van der Waals surface area contributed by atoms with Crippen molar-refractivity contribution in [1.29, 1.82) is 0 Å². The van der Waals surface area contributed by atoms with Crippen molar-refractivity contribution in [3.8, 4) is 11.3 Å². The number of rotatable bonds is 2. The van der Waals surface area contributed by atoms with E-state index >= 15 is 0 Å². The third-order valence-corrected chi connectivity index (χ3v) is 5.91. The van der Waals surface area contributed by atoms with Gasteiger partial charge in [0.15, 0.2) is 5.82 Å². The van der Waals surface area contributed by atoms with Gasteiger partial charge in [0.25, 0.3) is 0 Å². The number of hydrogen-bond donors (Lipinski definition) is 1. The summed E-state index contributed by atoms with van der Waals surface area (Å²) in [6, 6.07) is 8.20. The van der Waals surface area contributed by atoms with Crippen molar-refractivity contribution in [2.45, 2.75) is 25.6 Å². The van der Waals surface area contributed by atoms with Crippen LogP contribution in [0.15, 0.2) is 42.6 Å². The van der Waals surface area contributed by atoms with Crippen LogP contribution >= 0.6 is 0 Å². The largest absolute Gasteiger partial charge is 0.416 e. The Morgan fingerprint density at radius 3 is 2.75 bits per heavy atom. The molecule has 1 fully saturated rings. The van der Waals surface area contributed by atoms with Crippen LogP contribution < -0.4 is 15.1 Å². The Morgan fingerprint density at radius 2 is 2.03 bits per heavy atom. The van der Waals surface area contributed by atoms with Gasteiger partial charge in [-0.1, -0.05) is 12.1 Å². The smallest absolute Gasteiger partial charge is 0.366 e. The SMILES string of the molecule is Cc1nn(C)cc1NC(=O)N1c2nc(-c3cccc(C(F)(F)F)c3)ccc2N2CC[C@H]1C2. The Labute approximate surface area is 182 Å². The molecule has 2 aliphatic heterocycles. The number of urea groups is 1. The number of fused-ring (bicyclic) bond motifs is 4. The lowest BCUT2D eigenvalue weighted by molar-refractivity contribution is -0.137. The molecule has 1 aromatic carbocycles. The molecule has 1 N–H and O–H groups in total. The van der Waals surface area contributed by atoms with Gasteiger partial charge in [0.2, 0.25) is 0 Å². The predicted octanol–water partition coefficient (Wildman–Crippen LogP) is 4.44. The number of alkyl halides is 3. The highest BCUT2D eigenvalue weighted by atomic mass is 19.4. The summed E-state index contributed by atoms with van der Waals surface area (Å²) in [7, 11) is 1.77. The fourth-order valence-corrected chi connectivity index (χ4v) is 4.38. The van der Waals surface area contributed by atoms with Gasteiger partial charge in [-0.2, -0.15) is 18.3 Å². The van der Waals surface area contributed by atoms with E-state index in [0.717, 1.165) is 30.8 Å². The highest BCUT2D eigenvalue weighted by molar-refractivity contribution is 6.05. The van der Waals surface area contributed by atoms with Crippen molar-refractivity contribution in [2.75, 3.05) is 28.2 Å². The summed E-state index contributed by atoms with van der Waals surface area (Å²) < 4.78 is 41.2. The van der Waals surface area contributed by atoms with Crippen LogP contribution in [0, 0.1) is 6.92 Å². The number of hydrogen-bond acceptors (Lipinski definition) is 4. The lowest BCUT2D eigenvalue weighted by Gasteiger charge is -2.35. The van der Waals surface area contributed by atoms with Crippen molar-refractivity contribution >= 4 is 23.2 Å². The summed E-state index contributed by atoms with van der Waals surface area (Å²) in [6.07, 6.45) is -1.93. The normalized spacial score (nSPS) is 17.5. The third kappa shape index (κ3) is 3.45. The summed E-state index contributed by atoms with van der Waals surface area (Å²) in [5, 5.41) is 7.16. The van der Waals surface area contributed by atoms with Crippen molar-refractivity contribution in [3.05, 3.63) is 53.9 Å². The molecular formula is C22H21F3N6O. The van der Waals surface area contributed by atoms with Gasteiger partial charge in [0.05, 0.1) is 34.4 Å². The van der Waals surface area contributed by atoms with Crippen LogP contribution in [0.1, 0.15) is 17.7 Å². The van der Waals surface area contributed by atoms with Gasteiger partial charge >= 0.3 is 12.2 Å². The van der Waals surface area contributed by atoms with Crippen LogP contribution in [0.5, 0.6) is 0 Å². The second kappa shape index (κ2) is 7.25. The lowest BCUT2D eigenvalue weighted by atomic mass is 10.1. The number of pyridine rings is 1. The number of amides is 2. The molecule has 166 valence electrons. The molecule has 0 unspecified atom stereocenters. The van der Waals surface area contributed by atoms with E-state index in [1.54, 1.807) is 41.9 Å². The molecule has 0 saturated carbocycles. The molecule has 2 bridgehead atoms. The zero-order valence-electron chi connectivity index (χ0n) is 17.5. The van der Waals surface area contributed by atoms with Crippen LogP contribution in [-0.4, -0.2) is 39.9 Å². The van der Waals surface area contributed by atoms with E-state index in [-0.39, 0.29) is 12.1 Å². The molecule has 10 heteroatoms. The zero-order valence-corrected chi connectivity index (χ0v) is 17.5. The van der Waals surface area contributed by atoms with E-state index < -0.39 is 11.7 Å². The van der Waals surface area contributed by atoms with E-state index in [2.05, 4.69) is 20.3 Å². The lowest BCUT2D eigenvalue weighted by Crippen LogP contribution is -2.48. The Kier molecular flexibility index (Phi) is 4.61. The molecule has 5 rings (SSSR count). The van der Waals surface area contributed by atoms with Crippen LogP contribution in [0.3, 0.4) is 0 Å². The second-order valence-corrected chi connectivity index (χ2v) is 8.11. The molecule has 2 aliphatic rings. The van der Waals surface area contributed by atoms with Crippen LogP contribution in [0.2, 0.25) is 0 Å². The average molecular weight is 442 g/mol. The monoisotopic (exact) mass is 442 g/mol. The van der Waals surface area contributed by atoms with Gasteiger partial charge in [-0.25, -0.2) is 9.78 Å². The summed E-state index contributed by atoms with van der Waals surface area (Å²) in [5.41, 5.74) is 2.09. The van der Waals surface area contributed by atoms with E-state index in [1.807, 2.05) is 6.07 Å². The number of aryl methyl sites for hydroxylation is 2. The number of halogens is 3. The topological polar surface area (TPSA) is 66.3 Å². The number of nitrogens with one attached hydrogen (secondary N) is 1. The first-order valence-corrected chi connectivity index (χ1v) is 10.2. The molecule has 7 nitrogen and oxygen atoms in total. The fourth-order valence-electron chi connectivity index (χ4n) is 4.38. The van der Waals surface area contributed by atoms with Gasteiger partial charge < -0.3 is 10.2 Å². The number of aromatic nitrogens is 3. The molecule has 1 saturated heterocycles. The molecule has 2 amide bonds. The van der Waals surface area contributed by atoms with Gasteiger partial charge in [-0.15, -0.1) is 0 Å². The summed E-state index contributed by atoms with van der Waals surface area (Å²) in [5.74, 6) is 0.452. The summed E-state index contributed by atoms with van der Waals surface area (Å²) in [6.45, 7) is 3.29. The van der Waals surface area contributed by atoms with E-state index in [1.165, 1.54) is 6.07 Å². The maximum Gasteiger partial charge on any atom is 0.416 e. The van der Waals surface area contributed by atoms with Gasteiger partial charge in [0, 0.05) is 31.9 Å². The van der Waals surface area contributed by atoms with Gasteiger partial charge in [0.1, 0.15) is 0 Å². The average Bonchev–Trinajstić information content (AvgIpc) is 3.30. The molecule has 3 aromatic rings. The molecule has 0 spiro atoms. The van der Waals surface area contributed by atoms with Gasteiger partial charge in [-0.3, -0.25) is 9.58 Å². The molecular weight excluding hydrogens is 421 g/mol. The number of benzene rings is 1. The molecule has 32 heavy (non-hydrogen) atoms. The highest BCUT2D eigenvalue weighted by Crippen LogP contribution is 2.41. The number of carbonyl (C=O) groups excluding carboxylic acids is 1. The number of carbonyl (C=O) groups is 1. The van der Waals surface area contributed by atoms with Crippen LogP contribution in [0.25, 0.3) is 11.3 Å². The van der Waals surface area contributed by atoms with Crippen molar-refractivity contribution in [2.24, 2.45) is 7.05 Å². The first kappa shape index (κ1) is 20.3. The minimum absolute atomic E-state index is 0.0660. The Hall–Kier alpha value is -3.56. The van der Waals surface area contributed by atoms with E-state index in [9.17, 15) is 18.0 Å². The summed E-state index contributed by atoms with van der Waals surface area (Å²) in [4.78, 5) is 21.7. The standard InChI is InChI=1S/C22H21F3N6O/c1-13-18(12-29(2)28-13)27-21(32)31-16-8-9-30(11-16)19-7-6-17(26-20(19)31)14-4-3-5-15(10-14)22(23,24)25/h3-7,10,12,16H,8-9,11H2,1-2H3,(H,27,32)/t16-/m0/s1. The fraction of sp³-hybridized carbons (Fsp3) is 0.318. The first-order chi connectivity index (χ1) is 15.2. The van der Waals surface area contributed by atoms with Crippen molar-refractivity contribution in [3.63, 3.8) is 0 Å². The highest BCUT2D eigenvalue weighted by Gasteiger charge is 2.40. The second-order valence-electron chi connectivity index (χ2n) is 8.11. The Morgan fingerprint density at radius 1 is 1.22 bits per heavy atom. The minimum atomic E-state index is -4.44. The van der Waals surface area contributed by atoms with Crippen molar-refractivity contribution < 1.29 is 18.0 Å². The van der Waals surface area contributed by atoms with Crippen molar-refractivity contribution in [1.82, 2.24) is 14.8 Å².